The fourth-order valence-electron chi connectivity index (χ4n) is 5.16. The van der Waals surface area contributed by atoms with Gasteiger partial charge in [0.05, 0.1) is 37.0 Å². The van der Waals surface area contributed by atoms with Crippen molar-refractivity contribution in [1.82, 2.24) is 14.8 Å². The van der Waals surface area contributed by atoms with Crippen molar-refractivity contribution in [2.75, 3.05) is 60.2 Å². The van der Waals surface area contributed by atoms with Gasteiger partial charge in [-0.25, -0.2) is 4.79 Å². The molecule has 260 valence electrons. The maximum Gasteiger partial charge on any atom is 0.410 e. The molecule has 0 spiro atoms. The van der Waals surface area contributed by atoms with E-state index < -0.39 is 18.8 Å². The number of hydrogen-bond donors (Lipinski definition) is 0. The summed E-state index contributed by atoms with van der Waals surface area (Å²) in [6, 6.07) is 9.95. The zero-order chi connectivity index (χ0) is 34.0. The minimum Gasteiger partial charge on any atom is -0.493 e. The van der Waals surface area contributed by atoms with Crippen LogP contribution in [0.15, 0.2) is 48.8 Å². The molecule has 0 bridgehead atoms. The zero-order valence-corrected chi connectivity index (χ0v) is 28.4. The summed E-state index contributed by atoms with van der Waals surface area (Å²) < 4.78 is 59.9. The van der Waals surface area contributed by atoms with Crippen molar-refractivity contribution in [3.05, 3.63) is 75.5 Å². The van der Waals surface area contributed by atoms with E-state index in [1.54, 1.807) is 26.3 Å². The molecule has 1 unspecified atom stereocenters. The summed E-state index contributed by atoms with van der Waals surface area (Å²) in [5.41, 5.74) is 1.78. The largest absolute Gasteiger partial charge is 0.493 e. The highest BCUT2D eigenvalue weighted by Crippen LogP contribution is 2.38. The van der Waals surface area contributed by atoms with Crippen molar-refractivity contribution in [2.24, 2.45) is 5.92 Å². The predicted octanol–water partition coefficient (Wildman–Crippen LogP) is 7.05. The second-order valence-electron chi connectivity index (χ2n) is 11.6. The molecular weight excluding hydrogens is 671 g/mol. The van der Waals surface area contributed by atoms with E-state index in [9.17, 15) is 13.6 Å². The number of nitrogens with zero attached hydrogens (tertiary/aromatic N) is 3. The van der Waals surface area contributed by atoms with E-state index in [4.69, 9.17) is 51.6 Å². The molecule has 1 aliphatic heterocycles. The average Bonchev–Trinajstić information content (AvgIpc) is 3.91. The Labute approximate surface area is 288 Å². The minimum absolute atomic E-state index is 0.0845. The molecule has 5 rings (SSSR count). The summed E-state index contributed by atoms with van der Waals surface area (Å²) in [6.07, 6.45) is 3.43. The first-order chi connectivity index (χ1) is 23.2. The van der Waals surface area contributed by atoms with Gasteiger partial charge in [0, 0.05) is 52.0 Å². The van der Waals surface area contributed by atoms with Crippen molar-refractivity contribution in [3.8, 4) is 23.0 Å². The molecular formula is C34H39Cl2F2N3O7. The molecule has 2 heterocycles. The average molecular weight is 711 g/mol. The van der Waals surface area contributed by atoms with E-state index in [1.165, 1.54) is 23.4 Å². The van der Waals surface area contributed by atoms with E-state index in [-0.39, 0.29) is 24.5 Å². The Bertz CT molecular complexity index is 1510. The van der Waals surface area contributed by atoms with Gasteiger partial charge in [-0.2, -0.15) is 8.78 Å². The first-order valence-corrected chi connectivity index (χ1v) is 16.5. The van der Waals surface area contributed by atoms with Crippen LogP contribution in [0.1, 0.15) is 35.6 Å². The van der Waals surface area contributed by atoms with Crippen LogP contribution in [-0.2, 0) is 22.4 Å². The molecule has 2 fully saturated rings. The van der Waals surface area contributed by atoms with Crippen molar-refractivity contribution >= 4 is 29.3 Å². The fourth-order valence-corrected chi connectivity index (χ4v) is 5.68. The fraction of sp³-hybridized carbons (Fsp3) is 0.471. The number of carbonyl (C=O) groups excluding carboxylic acids is 1. The molecule has 1 atom stereocenters. The highest BCUT2D eigenvalue weighted by atomic mass is 35.5. The Morgan fingerprint density at radius 2 is 1.75 bits per heavy atom. The molecule has 0 N–H and O–H groups in total. The van der Waals surface area contributed by atoms with Crippen molar-refractivity contribution in [3.63, 3.8) is 0 Å². The van der Waals surface area contributed by atoms with Gasteiger partial charge in [0.15, 0.2) is 23.0 Å². The summed E-state index contributed by atoms with van der Waals surface area (Å²) in [4.78, 5) is 21.2. The monoisotopic (exact) mass is 709 g/mol. The number of alkyl halides is 2. The smallest absolute Gasteiger partial charge is 0.410 e. The molecule has 3 aromatic rings. The highest BCUT2D eigenvalue weighted by Gasteiger charge is 2.27. The first kappa shape index (κ1) is 35.7. The zero-order valence-electron chi connectivity index (χ0n) is 26.8. The minimum atomic E-state index is -3.04. The molecule has 10 nitrogen and oxygen atoms in total. The number of hydrogen-bond acceptors (Lipinski definition) is 9. The summed E-state index contributed by atoms with van der Waals surface area (Å²) in [5.74, 6) is 1.52. The number of morpholine rings is 1. The van der Waals surface area contributed by atoms with Crippen LogP contribution in [0.3, 0.4) is 0 Å². The normalized spacial score (nSPS) is 15.6. The van der Waals surface area contributed by atoms with Gasteiger partial charge in [-0.15, -0.1) is 0 Å². The highest BCUT2D eigenvalue weighted by molar-refractivity contribution is 6.35. The van der Waals surface area contributed by atoms with Crippen LogP contribution >= 0.6 is 23.2 Å². The van der Waals surface area contributed by atoms with Gasteiger partial charge < -0.3 is 33.3 Å². The standard InChI is InChI=1S/C34H39Cl2F2N3O7/c1-40(20-23-5-7-28(31(15-23)43-2)45-14-11-41-9-12-44-13-10-41)34(42)48-30(17-25-26(35)18-39-19-27(25)36)24-6-8-29(47-33(37)38)32(16-24)46-21-22-3-4-22/h5-8,15-16,18-19,22,30,33H,3-4,9-14,17,20-21H2,1-2H3. The predicted molar refractivity (Wildman–Crippen MR) is 176 cm³/mol. The summed E-state index contributed by atoms with van der Waals surface area (Å²) in [7, 11) is 3.17. The molecule has 1 aromatic heterocycles. The molecule has 1 aliphatic carbocycles. The van der Waals surface area contributed by atoms with Crippen molar-refractivity contribution in [2.45, 2.75) is 38.5 Å². The number of halogens is 4. The molecule has 2 aliphatic rings. The Hall–Kier alpha value is -3.58. The number of methoxy groups -OCH3 is 1. The van der Waals surface area contributed by atoms with Gasteiger partial charge in [0.25, 0.3) is 0 Å². The molecule has 48 heavy (non-hydrogen) atoms. The lowest BCUT2D eigenvalue weighted by Gasteiger charge is -2.26. The Kier molecular flexibility index (Phi) is 12.8. The molecule has 2 aromatic carbocycles. The second kappa shape index (κ2) is 17.2. The number of ether oxygens (including phenoxy) is 6. The lowest BCUT2D eigenvalue weighted by atomic mass is 10.0. The van der Waals surface area contributed by atoms with Gasteiger partial charge in [0.2, 0.25) is 0 Å². The summed E-state index contributed by atoms with van der Waals surface area (Å²) >= 11 is 12.9. The lowest BCUT2D eigenvalue weighted by molar-refractivity contribution is -0.0515. The number of carbonyl (C=O) groups is 1. The van der Waals surface area contributed by atoms with Gasteiger partial charge in [-0.3, -0.25) is 9.88 Å². The Balaban J connectivity index is 1.30. The van der Waals surface area contributed by atoms with Crippen LogP contribution in [0.2, 0.25) is 10.0 Å². The second-order valence-corrected chi connectivity index (χ2v) is 12.5. The van der Waals surface area contributed by atoms with Gasteiger partial charge in [-0.1, -0.05) is 35.3 Å². The third-order valence-corrected chi connectivity index (χ3v) is 8.69. The van der Waals surface area contributed by atoms with Crippen LogP contribution in [0.25, 0.3) is 0 Å². The van der Waals surface area contributed by atoms with Crippen LogP contribution in [-0.4, -0.2) is 87.7 Å². The maximum atomic E-state index is 13.5. The summed E-state index contributed by atoms with van der Waals surface area (Å²) in [6.45, 7) is 1.98. The topological polar surface area (TPSA) is 91.8 Å². The first-order valence-electron chi connectivity index (χ1n) is 15.7. The van der Waals surface area contributed by atoms with Gasteiger partial charge in [0.1, 0.15) is 12.7 Å². The summed E-state index contributed by atoms with van der Waals surface area (Å²) in [5, 5.41) is 0.582. The van der Waals surface area contributed by atoms with E-state index in [0.717, 1.165) is 51.3 Å². The Morgan fingerprint density at radius 3 is 2.44 bits per heavy atom. The molecule has 1 saturated heterocycles. The van der Waals surface area contributed by atoms with Crippen LogP contribution in [0.5, 0.6) is 23.0 Å². The SMILES string of the molecule is COc1cc(CN(C)C(=O)OC(Cc2c(Cl)cncc2Cl)c2ccc(OC(F)F)c(OCC3CC3)c2)ccc1OCCN1CCOCC1. The van der Waals surface area contributed by atoms with Gasteiger partial charge in [-0.05, 0) is 59.7 Å². The third-order valence-electron chi connectivity index (χ3n) is 8.04. The Morgan fingerprint density at radius 1 is 1.02 bits per heavy atom. The molecule has 14 heteroatoms. The van der Waals surface area contributed by atoms with E-state index in [1.807, 2.05) is 18.2 Å². The number of pyridine rings is 1. The van der Waals surface area contributed by atoms with Crippen LogP contribution < -0.4 is 18.9 Å². The number of rotatable bonds is 16. The third kappa shape index (κ3) is 10.2. The van der Waals surface area contributed by atoms with Crippen molar-refractivity contribution in [1.29, 1.82) is 0 Å². The van der Waals surface area contributed by atoms with E-state index in [0.29, 0.717) is 51.8 Å². The van der Waals surface area contributed by atoms with Crippen LogP contribution in [0, 0.1) is 5.92 Å². The van der Waals surface area contributed by atoms with E-state index in [2.05, 4.69) is 9.88 Å². The van der Waals surface area contributed by atoms with E-state index >= 15 is 0 Å². The molecule has 1 amide bonds. The van der Waals surface area contributed by atoms with Gasteiger partial charge >= 0.3 is 12.7 Å². The number of amides is 1. The van der Waals surface area contributed by atoms with Crippen molar-refractivity contribution < 1.29 is 42.0 Å². The maximum absolute atomic E-state index is 13.5. The van der Waals surface area contributed by atoms with Crippen LogP contribution in [0.4, 0.5) is 13.6 Å². The number of benzene rings is 2. The quantitative estimate of drug-likeness (QED) is 0.155. The molecule has 1 saturated carbocycles. The molecule has 0 radical (unpaired) electrons. The number of aromatic nitrogens is 1. The lowest BCUT2D eigenvalue weighted by Crippen LogP contribution is -2.38.